The molecule has 1 aromatic heterocycles. The molecule has 2 saturated carbocycles. The van der Waals surface area contributed by atoms with E-state index in [0.717, 1.165) is 37.8 Å². The van der Waals surface area contributed by atoms with Gasteiger partial charge in [0.05, 0.1) is 11.0 Å². The Hall–Kier alpha value is -3.36. The molecule has 2 aliphatic rings. The van der Waals surface area contributed by atoms with Crippen molar-refractivity contribution >= 4 is 6.09 Å². The highest BCUT2D eigenvalue weighted by atomic mass is 19.4. The van der Waals surface area contributed by atoms with Crippen LogP contribution in [0.3, 0.4) is 0 Å². The molecule has 5 rings (SSSR count). The highest BCUT2D eigenvalue weighted by Crippen LogP contribution is 2.49. The number of carbonyl (C=O) groups excluding carboxylic acids is 1. The van der Waals surface area contributed by atoms with Crippen LogP contribution >= 0.6 is 0 Å². The minimum Gasteiger partial charge on any atom is -0.444 e. The predicted octanol–water partition coefficient (Wildman–Crippen LogP) is 6.97. The van der Waals surface area contributed by atoms with Gasteiger partial charge < -0.3 is 14.2 Å². The Morgan fingerprint density at radius 3 is 2.32 bits per heavy atom. The molecule has 0 aliphatic heterocycles. The Labute approximate surface area is 213 Å². The molecular formula is C28H30F3N3O3. The lowest BCUT2D eigenvalue weighted by atomic mass is 9.67. The number of hydrogen-bond donors (Lipinski definition) is 0. The van der Waals surface area contributed by atoms with Crippen LogP contribution in [-0.4, -0.2) is 39.3 Å². The van der Waals surface area contributed by atoms with Crippen LogP contribution in [0.1, 0.15) is 69.3 Å². The van der Waals surface area contributed by atoms with E-state index in [9.17, 15) is 18.0 Å². The molecule has 0 spiro atoms. The van der Waals surface area contributed by atoms with E-state index in [1.54, 1.807) is 0 Å². The first-order valence-corrected chi connectivity index (χ1v) is 12.5. The molecule has 0 radical (unpaired) electrons. The zero-order valence-corrected chi connectivity index (χ0v) is 21.1. The number of alkyl halides is 3. The van der Waals surface area contributed by atoms with Crippen molar-refractivity contribution in [1.82, 2.24) is 15.0 Å². The van der Waals surface area contributed by atoms with Crippen molar-refractivity contribution in [3.05, 3.63) is 71.5 Å². The standard InChI is InChI=1S/C28H30F3N3O3/c1-26(2,3)36-25(35)34(22-16-21(22)18-8-5-4-6-9-18)17-27(14-7-15-27)24-32-23(37-33-24)19-10-12-20(13-11-19)28(29,30)31/h4-6,8-13,21-22H,7,14-17H2,1-3H3/t21?,22-/m0/s1. The molecule has 2 aromatic carbocycles. The molecule has 6 nitrogen and oxygen atoms in total. The summed E-state index contributed by atoms with van der Waals surface area (Å²) in [5.41, 5.74) is -0.267. The molecule has 3 aromatic rings. The summed E-state index contributed by atoms with van der Waals surface area (Å²) in [6, 6.07) is 14.8. The molecule has 0 N–H and O–H groups in total. The molecule has 2 aliphatic carbocycles. The van der Waals surface area contributed by atoms with Crippen LogP contribution in [0.4, 0.5) is 18.0 Å². The van der Waals surface area contributed by atoms with Gasteiger partial charge in [-0.15, -0.1) is 0 Å². The molecule has 196 valence electrons. The van der Waals surface area contributed by atoms with E-state index in [4.69, 9.17) is 9.26 Å². The van der Waals surface area contributed by atoms with Gasteiger partial charge in [-0.05, 0) is 69.9 Å². The lowest BCUT2D eigenvalue weighted by molar-refractivity contribution is -0.137. The van der Waals surface area contributed by atoms with Gasteiger partial charge in [0.2, 0.25) is 0 Å². The molecule has 1 heterocycles. The summed E-state index contributed by atoms with van der Waals surface area (Å²) in [5, 5.41) is 4.21. The fraction of sp³-hybridized carbons (Fsp3) is 0.464. The number of hydrogen-bond acceptors (Lipinski definition) is 5. The molecule has 0 saturated heterocycles. The minimum absolute atomic E-state index is 0.0102. The van der Waals surface area contributed by atoms with Crippen LogP contribution in [-0.2, 0) is 16.3 Å². The van der Waals surface area contributed by atoms with E-state index in [1.807, 2.05) is 43.9 Å². The first kappa shape index (κ1) is 25.3. The smallest absolute Gasteiger partial charge is 0.416 e. The molecule has 2 atom stereocenters. The van der Waals surface area contributed by atoms with E-state index < -0.39 is 22.8 Å². The second-order valence-corrected chi connectivity index (χ2v) is 11.1. The van der Waals surface area contributed by atoms with E-state index in [0.29, 0.717) is 17.9 Å². The Bertz CT molecular complexity index is 1250. The summed E-state index contributed by atoms with van der Waals surface area (Å²) in [4.78, 5) is 19.7. The van der Waals surface area contributed by atoms with Crippen LogP contribution in [0.5, 0.6) is 0 Å². The molecule has 1 amide bonds. The van der Waals surface area contributed by atoms with Crippen LogP contribution in [0.25, 0.3) is 11.5 Å². The molecule has 9 heteroatoms. The SMILES string of the molecule is CC(C)(C)OC(=O)N(CC1(c2noc(-c3ccc(C(F)(F)F)cc3)n2)CCC1)[C@H]1CC1c1ccccc1. The van der Waals surface area contributed by atoms with E-state index in [-0.39, 0.29) is 23.9 Å². The van der Waals surface area contributed by atoms with Crippen molar-refractivity contribution in [3.63, 3.8) is 0 Å². The number of rotatable bonds is 6. The maximum absolute atomic E-state index is 13.4. The maximum Gasteiger partial charge on any atom is 0.416 e. The fourth-order valence-electron chi connectivity index (χ4n) is 4.96. The van der Waals surface area contributed by atoms with Gasteiger partial charge in [-0.25, -0.2) is 4.79 Å². The van der Waals surface area contributed by atoms with Gasteiger partial charge >= 0.3 is 12.3 Å². The summed E-state index contributed by atoms with van der Waals surface area (Å²) >= 11 is 0. The number of carbonyl (C=O) groups is 1. The molecular weight excluding hydrogens is 483 g/mol. The van der Waals surface area contributed by atoms with E-state index >= 15 is 0 Å². The van der Waals surface area contributed by atoms with Crippen molar-refractivity contribution in [1.29, 1.82) is 0 Å². The highest BCUT2D eigenvalue weighted by Gasteiger charge is 2.52. The van der Waals surface area contributed by atoms with Crippen molar-refractivity contribution in [2.75, 3.05) is 6.54 Å². The second-order valence-electron chi connectivity index (χ2n) is 11.1. The third-order valence-corrected chi connectivity index (χ3v) is 7.16. The number of nitrogens with zero attached hydrogens (tertiary/aromatic N) is 3. The van der Waals surface area contributed by atoms with Gasteiger partial charge in [-0.1, -0.05) is 41.9 Å². The van der Waals surface area contributed by atoms with Gasteiger partial charge in [0.15, 0.2) is 5.82 Å². The average molecular weight is 514 g/mol. The Kier molecular flexibility index (Phi) is 6.28. The quantitative estimate of drug-likeness (QED) is 0.356. The van der Waals surface area contributed by atoms with Crippen molar-refractivity contribution in [2.24, 2.45) is 0 Å². The van der Waals surface area contributed by atoms with Crippen molar-refractivity contribution in [2.45, 2.75) is 75.6 Å². The summed E-state index contributed by atoms with van der Waals surface area (Å²) < 4.78 is 50.1. The van der Waals surface area contributed by atoms with Gasteiger partial charge in [0.1, 0.15) is 5.60 Å². The monoisotopic (exact) mass is 513 g/mol. The first-order chi connectivity index (χ1) is 17.5. The Morgan fingerprint density at radius 2 is 1.76 bits per heavy atom. The number of halogens is 3. The maximum atomic E-state index is 13.4. The zero-order valence-electron chi connectivity index (χ0n) is 21.1. The van der Waals surface area contributed by atoms with Gasteiger partial charge in [-0.3, -0.25) is 0 Å². The highest BCUT2D eigenvalue weighted by molar-refractivity contribution is 5.70. The average Bonchev–Trinajstić information content (AvgIpc) is 3.44. The molecule has 2 fully saturated rings. The third kappa shape index (κ3) is 5.36. The van der Waals surface area contributed by atoms with Crippen molar-refractivity contribution < 1.29 is 27.2 Å². The zero-order chi connectivity index (χ0) is 26.4. The van der Waals surface area contributed by atoms with Crippen LogP contribution in [0.15, 0.2) is 59.1 Å². The van der Waals surface area contributed by atoms with E-state index in [1.165, 1.54) is 17.7 Å². The topological polar surface area (TPSA) is 68.5 Å². The Morgan fingerprint density at radius 1 is 1.08 bits per heavy atom. The normalized spacial score (nSPS) is 20.7. The number of benzene rings is 2. The fourth-order valence-corrected chi connectivity index (χ4v) is 4.96. The van der Waals surface area contributed by atoms with E-state index in [2.05, 4.69) is 22.3 Å². The second kappa shape index (κ2) is 9.19. The van der Waals surface area contributed by atoms with Crippen molar-refractivity contribution in [3.8, 4) is 11.5 Å². The minimum atomic E-state index is -4.42. The van der Waals surface area contributed by atoms with Gasteiger partial charge in [0, 0.05) is 24.1 Å². The largest absolute Gasteiger partial charge is 0.444 e. The predicted molar refractivity (Wildman–Crippen MR) is 131 cm³/mol. The van der Waals surface area contributed by atoms with Gasteiger partial charge in [0.25, 0.3) is 5.89 Å². The Balaban J connectivity index is 1.39. The van der Waals surface area contributed by atoms with Crippen LogP contribution < -0.4 is 0 Å². The number of amides is 1. The lowest BCUT2D eigenvalue weighted by Gasteiger charge is -2.43. The molecule has 0 bridgehead atoms. The summed E-state index contributed by atoms with van der Waals surface area (Å²) in [6.45, 7) is 5.93. The van der Waals surface area contributed by atoms with Crippen LogP contribution in [0, 0.1) is 0 Å². The molecule has 1 unspecified atom stereocenters. The molecule has 37 heavy (non-hydrogen) atoms. The number of ether oxygens (including phenoxy) is 1. The summed E-state index contributed by atoms with van der Waals surface area (Å²) in [7, 11) is 0. The summed E-state index contributed by atoms with van der Waals surface area (Å²) in [6.07, 6.45) is -1.42. The van der Waals surface area contributed by atoms with Gasteiger partial charge in [-0.2, -0.15) is 18.2 Å². The third-order valence-electron chi connectivity index (χ3n) is 7.16. The van der Waals surface area contributed by atoms with Crippen LogP contribution in [0.2, 0.25) is 0 Å². The number of aromatic nitrogens is 2. The summed E-state index contributed by atoms with van der Waals surface area (Å²) in [5.74, 6) is 0.866. The lowest BCUT2D eigenvalue weighted by Crippen LogP contribution is -2.50. The first-order valence-electron chi connectivity index (χ1n) is 12.5.